The summed E-state index contributed by atoms with van der Waals surface area (Å²) in [4.78, 5) is 4.26. The molecule has 0 aliphatic rings. The van der Waals surface area contributed by atoms with E-state index in [1.807, 2.05) is 20.3 Å². The molecule has 1 N–H and O–H groups in total. The van der Waals surface area contributed by atoms with Gasteiger partial charge in [-0.1, -0.05) is 0 Å². The highest BCUT2D eigenvalue weighted by Gasteiger charge is 2.06. The van der Waals surface area contributed by atoms with Crippen molar-refractivity contribution >= 4 is 0 Å². The predicted octanol–water partition coefficient (Wildman–Crippen LogP) is 1.86. The average molecular weight is 219 g/mol. The van der Waals surface area contributed by atoms with Crippen molar-refractivity contribution in [2.45, 2.75) is 26.9 Å². The van der Waals surface area contributed by atoms with Crippen LogP contribution in [0.5, 0.6) is 0 Å². The lowest BCUT2D eigenvalue weighted by molar-refractivity contribution is 0.489. The second-order valence-electron chi connectivity index (χ2n) is 3.99. The first kappa shape index (κ1) is 11.0. The molecule has 0 fully saturated rings. The number of nitrogens with one attached hydrogen (secondary N) is 1. The molecule has 0 saturated heterocycles. The Morgan fingerprint density at radius 1 is 1.44 bits per heavy atom. The standard InChI is InChI=1S/C12H17N3O/c1-9-10(2)15(8-14-9)6-12-4-11(5-13-3)7-16-12/h4,7-8,13H,5-6H2,1-3H3. The molecule has 0 spiro atoms. The lowest BCUT2D eigenvalue weighted by atomic mass is 10.3. The van der Waals surface area contributed by atoms with Crippen LogP contribution < -0.4 is 5.32 Å². The van der Waals surface area contributed by atoms with E-state index in [0.717, 1.165) is 24.5 Å². The molecule has 0 atom stereocenters. The number of hydrogen-bond donors (Lipinski definition) is 1. The summed E-state index contributed by atoms with van der Waals surface area (Å²) in [6, 6.07) is 2.07. The van der Waals surface area contributed by atoms with Crippen molar-refractivity contribution in [1.82, 2.24) is 14.9 Å². The Bertz CT molecular complexity index is 470. The van der Waals surface area contributed by atoms with Gasteiger partial charge in [-0.15, -0.1) is 0 Å². The van der Waals surface area contributed by atoms with Gasteiger partial charge < -0.3 is 14.3 Å². The Balaban J connectivity index is 2.11. The first-order valence-electron chi connectivity index (χ1n) is 5.40. The average Bonchev–Trinajstić information content (AvgIpc) is 2.82. The van der Waals surface area contributed by atoms with Crippen LogP contribution in [0.3, 0.4) is 0 Å². The number of furan rings is 1. The van der Waals surface area contributed by atoms with E-state index in [0.29, 0.717) is 0 Å². The number of imidazole rings is 1. The molecule has 0 aliphatic carbocycles. The molecule has 4 heteroatoms. The summed E-state index contributed by atoms with van der Waals surface area (Å²) in [6.07, 6.45) is 3.65. The number of aryl methyl sites for hydroxylation is 1. The van der Waals surface area contributed by atoms with Crippen molar-refractivity contribution in [2.75, 3.05) is 7.05 Å². The highest BCUT2D eigenvalue weighted by Crippen LogP contribution is 2.12. The van der Waals surface area contributed by atoms with Gasteiger partial charge in [-0.05, 0) is 27.0 Å². The van der Waals surface area contributed by atoms with E-state index in [1.165, 1.54) is 11.3 Å². The molecule has 2 heterocycles. The summed E-state index contributed by atoms with van der Waals surface area (Å²) in [5.74, 6) is 0.964. The number of nitrogens with zero attached hydrogens (tertiary/aromatic N) is 2. The lowest BCUT2D eigenvalue weighted by Crippen LogP contribution is -2.03. The van der Waals surface area contributed by atoms with Gasteiger partial charge in [0.2, 0.25) is 0 Å². The van der Waals surface area contributed by atoms with Crippen LogP contribution in [0.2, 0.25) is 0 Å². The van der Waals surface area contributed by atoms with Crippen LogP contribution in [0.25, 0.3) is 0 Å². The minimum atomic E-state index is 0.746. The van der Waals surface area contributed by atoms with Crippen molar-refractivity contribution in [3.05, 3.63) is 41.4 Å². The van der Waals surface area contributed by atoms with Gasteiger partial charge in [-0.3, -0.25) is 0 Å². The summed E-state index contributed by atoms with van der Waals surface area (Å²) < 4.78 is 7.59. The van der Waals surface area contributed by atoms with Gasteiger partial charge in [0.25, 0.3) is 0 Å². The maximum absolute atomic E-state index is 5.50. The van der Waals surface area contributed by atoms with E-state index in [2.05, 4.69) is 27.9 Å². The Kier molecular flexibility index (Phi) is 3.10. The van der Waals surface area contributed by atoms with Gasteiger partial charge in [-0.2, -0.15) is 0 Å². The fourth-order valence-corrected chi connectivity index (χ4v) is 1.68. The Morgan fingerprint density at radius 2 is 2.25 bits per heavy atom. The third-order valence-corrected chi connectivity index (χ3v) is 2.76. The molecule has 0 aliphatic heterocycles. The summed E-state index contributed by atoms with van der Waals surface area (Å²) in [7, 11) is 1.93. The molecule has 0 radical (unpaired) electrons. The van der Waals surface area contributed by atoms with E-state index in [-0.39, 0.29) is 0 Å². The molecule has 2 aromatic heterocycles. The molecule has 2 rings (SSSR count). The molecule has 0 aromatic carbocycles. The summed E-state index contributed by atoms with van der Waals surface area (Å²) in [5.41, 5.74) is 3.43. The highest BCUT2D eigenvalue weighted by molar-refractivity contribution is 5.15. The fourth-order valence-electron chi connectivity index (χ4n) is 1.68. The van der Waals surface area contributed by atoms with Crippen LogP contribution >= 0.6 is 0 Å². The second kappa shape index (κ2) is 4.53. The highest BCUT2D eigenvalue weighted by atomic mass is 16.3. The predicted molar refractivity (Wildman–Crippen MR) is 62.3 cm³/mol. The molecule has 4 nitrogen and oxygen atoms in total. The Labute approximate surface area is 95.3 Å². The molecule has 0 unspecified atom stereocenters. The minimum absolute atomic E-state index is 0.746. The van der Waals surface area contributed by atoms with E-state index in [4.69, 9.17) is 4.42 Å². The Morgan fingerprint density at radius 3 is 2.88 bits per heavy atom. The molecule has 0 saturated carbocycles. The largest absolute Gasteiger partial charge is 0.467 e. The third-order valence-electron chi connectivity index (χ3n) is 2.76. The fraction of sp³-hybridized carbons (Fsp3) is 0.417. The monoisotopic (exact) mass is 219 g/mol. The zero-order chi connectivity index (χ0) is 11.5. The normalized spacial score (nSPS) is 10.9. The number of hydrogen-bond acceptors (Lipinski definition) is 3. The molecule has 0 bridgehead atoms. The summed E-state index contributed by atoms with van der Waals surface area (Å²) in [6.45, 7) is 5.67. The van der Waals surface area contributed by atoms with Crippen LogP contribution in [-0.2, 0) is 13.1 Å². The van der Waals surface area contributed by atoms with Gasteiger partial charge >= 0.3 is 0 Å². The zero-order valence-electron chi connectivity index (χ0n) is 9.95. The van der Waals surface area contributed by atoms with E-state index >= 15 is 0 Å². The van der Waals surface area contributed by atoms with Crippen LogP contribution in [-0.4, -0.2) is 16.6 Å². The molecular weight excluding hydrogens is 202 g/mol. The van der Waals surface area contributed by atoms with Crippen molar-refractivity contribution < 1.29 is 4.42 Å². The molecular formula is C12H17N3O. The summed E-state index contributed by atoms with van der Waals surface area (Å²) >= 11 is 0. The van der Waals surface area contributed by atoms with Crippen molar-refractivity contribution in [1.29, 1.82) is 0 Å². The van der Waals surface area contributed by atoms with Crippen LogP contribution in [0.1, 0.15) is 22.7 Å². The maximum atomic E-state index is 5.50. The quantitative estimate of drug-likeness (QED) is 0.853. The second-order valence-corrected chi connectivity index (χ2v) is 3.99. The SMILES string of the molecule is CNCc1coc(Cn2cnc(C)c2C)c1. The zero-order valence-corrected chi connectivity index (χ0v) is 9.95. The van der Waals surface area contributed by atoms with Gasteiger partial charge in [0.05, 0.1) is 24.8 Å². The lowest BCUT2D eigenvalue weighted by Gasteiger charge is -2.01. The van der Waals surface area contributed by atoms with E-state index in [9.17, 15) is 0 Å². The van der Waals surface area contributed by atoms with Gasteiger partial charge in [0, 0.05) is 17.8 Å². The summed E-state index contributed by atoms with van der Waals surface area (Å²) in [5, 5.41) is 3.10. The maximum Gasteiger partial charge on any atom is 0.123 e. The van der Waals surface area contributed by atoms with E-state index < -0.39 is 0 Å². The van der Waals surface area contributed by atoms with Crippen molar-refractivity contribution in [3.63, 3.8) is 0 Å². The smallest absolute Gasteiger partial charge is 0.123 e. The number of aromatic nitrogens is 2. The first-order valence-corrected chi connectivity index (χ1v) is 5.40. The molecule has 2 aromatic rings. The van der Waals surface area contributed by atoms with Gasteiger partial charge in [-0.25, -0.2) is 4.98 Å². The van der Waals surface area contributed by atoms with Crippen LogP contribution in [0.15, 0.2) is 23.1 Å². The Hall–Kier alpha value is -1.55. The van der Waals surface area contributed by atoms with Crippen molar-refractivity contribution in [3.8, 4) is 0 Å². The third kappa shape index (κ3) is 2.17. The topological polar surface area (TPSA) is 43.0 Å². The molecule has 86 valence electrons. The molecule has 16 heavy (non-hydrogen) atoms. The van der Waals surface area contributed by atoms with Gasteiger partial charge in [0.15, 0.2) is 0 Å². The minimum Gasteiger partial charge on any atom is -0.467 e. The van der Waals surface area contributed by atoms with Crippen LogP contribution in [0.4, 0.5) is 0 Å². The first-order chi connectivity index (χ1) is 7.70. The molecule has 0 amide bonds. The van der Waals surface area contributed by atoms with E-state index in [1.54, 1.807) is 6.26 Å². The number of rotatable bonds is 4. The van der Waals surface area contributed by atoms with Crippen LogP contribution in [0, 0.1) is 13.8 Å². The van der Waals surface area contributed by atoms with Crippen molar-refractivity contribution in [2.24, 2.45) is 0 Å². The van der Waals surface area contributed by atoms with Gasteiger partial charge in [0.1, 0.15) is 5.76 Å².